The molecule has 0 aliphatic carbocycles. The number of carbonyl (C=O) groups is 2. The largest absolute Gasteiger partial charge is 0.484 e. The highest BCUT2D eigenvalue weighted by Gasteiger charge is 2.40. The van der Waals surface area contributed by atoms with E-state index in [1.807, 2.05) is 41.0 Å². The van der Waals surface area contributed by atoms with E-state index in [0.717, 1.165) is 37.1 Å². The van der Waals surface area contributed by atoms with Gasteiger partial charge in [0.15, 0.2) is 6.61 Å². The van der Waals surface area contributed by atoms with E-state index >= 15 is 0 Å². The Morgan fingerprint density at radius 3 is 2.93 bits per heavy atom. The van der Waals surface area contributed by atoms with Crippen LogP contribution < -0.4 is 4.74 Å². The van der Waals surface area contributed by atoms with Crippen LogP contribution in [0.4, 0.5) is 0 Å². The molecule has 27 heavy (non-hydrogen) atoms. The smallest absolute Gasteiger partial charge is 0.260 e. The molecule has 2 amide bonds. The third-order valence-electron chi connectivity index (χ3n) is 5.60. The van der Waals surface area contributed by atoms with Crippen molar-refractivity contribution in [3.05, 3.63) is 29.8 Å². The fraction of sp³-hybridized carbons (Fsp3) is 0.619. The molecule has 2 atom stereocenters. The predicted molar refractivity (Wildman–Crippen MR) is 103 cm³/mol. The van der Waals surface area contributed by atoms with Crippen molar-refractivity contribution in [2.45, 2.75) is 38.6 Å². The van der Waals surface area contributed by atoms with Crippen molar-refractivity contribution in [3.63, 3.8) is 0 Å². The lowest BCUT2D eigenvalue weighted by molar-refractivity contribution is -0.145. The number of methoxy groups -OCH3 is 1. The van der Waals surface area contributed by atoms with Gasteiger partial charge in [0, 0.05) is 45.8 Å². The van der Waals surface area contributed by atoms with Crippen LogP contribution in [0.25, 0.3) is 0 Å². The van der Waals surface area contributed by atoms with Gasteiger partial charge in [0.2, 0.25) is 5.91 Å². The highest BCUT2D eigenvalue weighted by Crippen LogP contribution is 2.31. The van der Waals surface area contributed by atoms with Crippen LogP contribution in [0.15, 0.2) is 24.3 Å². The van der Waals surface area contributed by atoms with E-state index in [0.29, 0.717) is 32.0 Å². The van der Waals surface area contributed by atoms with Crippen LogP contribution in [0, 0.1) is 12.8 Å². The monoisotopic (exact) mass is 374 g/mol. The Bertz CT molecular complexity index is 663. The summed E-state index contributed by atoms with van der Waals surface area (Å²) < 4.78 is 10.8. The van der Waals surface area contributed by atoms with Gasteiger partial charge in [-0.3, -0.25) is 9.59 Å². The number of benzene rings is 1. The summed E-state index contributed by atoms with van der Waals surface area (Å²) in [5.74, 6) is 1.36. The fourth-order valence-corrected chi connectivity index (χ4v) is 4.19. The average molecular weight is 374 g/mol. The SMILES string of the molecule is COCCCN1C(=O)CC[C@H]2CN(C(=O)COc3cccc(C)c3)CC[C@H]21. The molecule has 0 aromatic heterocycles. The first kappa shape index (κ1) is 19.7. The van der Waals surface area contributed by atoms with Gasteiger partial charge in [-0.2, -0.15) is 0 Å². The molecule has 1 aromatic carbocycles. The van der Waals surface area contributed by atoms with Crippen molar-refractivity contribution in [1.82, 2.24) is 9.80 Å². The van der Waals surface area contributed by atoms with Gasteiger partial charge in [0.25, 0.3) is 5.91 Å². The number of hydrogen-bond acceptors (Lipinski definition) is 4. The molecule has 3 rings (SSSR count). The van der Waals surface area contributed by atoms with Gasteiger partial charge in [0.1, 0.15) is 5.75 Å². The zero-order valence-electron chi connectivity index (χ0n) is 16.4. The highest BCUT2D eigenvalue weighted by atomic mass is 16.5. The number of carbonyl (C=O) groups excluding carboxylic acids is 2. The number of nitrogens with zero attached hydrogens (tertiary/aromatic N) is 2. The van der Waals surface area contributed by atoms with E-state index in [-0.39, 0.29) is 24.5 Å². The minimum absolute atomic E-state index is 0.0257. The maximum atomic E-state index is 12.6. The predicted octanol–water partition coefficient (Wildman–Crippen LogP) is 2.25. The Morgan fingerprint density at radius 1 is 1.30 bits per heavy atom. The minimum atomic E-state index is 0.0257. The first-order valence-corrected chi connectivity index (χ1v) is 9.84. The summed E-state index contributed by atoms with van der Waals surface area (Å²) in [6.07, 6.45) is 3.15. The molecule has 2 heterocycles. The number of amides is 2. The van der Waals surface area contributed by atoms with Crippen LogP contribution in [0.3, 0.4) is 0 Å². The van der Waals surface area contributed by atoms with E-state index < -0.39 is 0 Å². The van der Waals surface area contributed by atoms with E-state index in [4.69, 9.17) is 9.47 Å². The van der Waals surface area contributed by atoms with E-state index in [1.54, 1.807) is 7.11 Å². The lowest BCUT2D eigenvalue weighted by atomic mass is 9.83. The molecule has 148 valence electrons. The molecule has 2 aliphatic rings. The van der Waals surface area contributed by atoms with E-state index in [9.17, 15) is 9.59 Å². The summed E-state index contributed by atoms with van der Waals surface area (Å²) in [6.45, 7) is 4.89. The Labute approximate surface area is 161 Å². The molecule has 2 saturated heterocycles. The second-order valence-corrected chi connectivity index (χ2v) is 7.53. The lowest BCUT2D eigenvalue weighted by Crippen LogP contribution is -2.57. The van der Waals surface area contributed by atoms with Gasteiger partial charge in [0.05, 0.1) is 0 Å². The van der Waals surface area contributed by atoms with Crippen molar-refractivity contribution in [1.29, 1.82) is 0 Å². The average Bonchev–Trinajstić information content (AvgIpc) is 2.67. The van der Waals surface area contributed by atoms with E-state index in [2.05, 4.69) is 0 Å². The highest BCUT2D eigenvalue weighted by molar-refractivity contribution is 5.79. The molecule has 0 unspecified atom stereocenters. The Morgan fingerprint density at radius 2 is 2.15 bits per heavy atom. The topological polar surface area (TPSA) is 59.1 Å². The first-order chi connectivity index (χ1) is 13.1. The minimum Gasteiger partial charge on any atom is -0.484 e. The maximum absolute atomic E-state index is 12.6. The Hall–Kier alpha value is -2.08. The van der Waals surface area contributed by atoms with Gasteiger partial charge in [-0.1, -0.05) is 12.1 Å². The van der Waals surface area contributed by atoms with E-state index in [1.165, 1.54) is 0 Å². The van der Waals surface area contributed by atoms with Crippen molar-refractivity contribution in [3.8, 4) is 5.75 Å². The Kier molecular flexibility index (Phi) is 6.72. The van der Waals surface area contributed by atoms with Crippen molar-refractivity contribution in [2.75, 3.05) is 40.0 Å². The van der Waals surface area contributed by atoms with Crippen LogP contribution in [0.5, 0.6) is 5.75 Å². The van der Waals surface area contributed by atoms with Gasteiger partial charge in [-0.05, 0) is 49.8 Å². The second kappa shape index (κ2) is 9.22. The summed E-state index contributed by atoms with van der Waals surface area (Å²) in [5.41, 5.74) is 1.11. The molecular weight excluding hydrogens is 344 g/mol. The molecule has 0 saturated carbocycles. The third-order valence-corrected chi connectivity index (χ3v) is 5.60. The van der Waals surface area contributed by atoms with Gasteiger partial charge in [-0.15, -0.1) is 0 Å². The normalized spacial score (nSPS) is 22.5. The standard InChI is InChI=1S/C21H30N2O4/c1-16-5-3-6-18(13-16)27-15-21(25)22-11-9-19-17(14-22)7-8-20(24)23(19)10-4-12-26-2/h3,5-6,13,17,19H,4,7-12,14-15H2,1-2H3/t17-,19+/m0/s1. The Balaban J connectivity index is 1.52. The number of likely N-dealkylation sites (tertiary alicyclic amines) is 2. The number of ether oxygens (including phenoxy) is 2. The van der Waals surface area contributed by atoms with Crippen LogP contribution in [-0.2, 0) is 14.3 Å². The quantitative estimate of drug-likeness (QED) is 0.687. The molecule has 0 N–H and O–H groups in total. The van der Waals surface area contributed by atoms with Crippen LogP contribution in [0.1, 0.15) is 31.2 Å². The van der Waals surface area contributed by atoms with Crippen LogP contribution in [0.2, 0.25) is 0 Å². The number of rotatable bonds is 7. The zero-order chi connectivity index (χ0) is 19.2. The fourth-order valence-electron chi connectivity index (χ4n) is 4.19. The lowest BCUT2D eigenvalue weighted by Gasteiger charge is -2.47. The molecule has 2 aliphatic heterocycles. The summed E-state index contributed by atoms with van der Waals surface area (Å²) in [4.78, 5) is 28.9. The van der Waals surface area contributed by atoms with Crippen LogP contribution >= 0.6 is 0 Å². The molecule has 0 radical (unpaired) electrons. The van der Waals surface area contributed by atoms with Crippen molar-refractivity contribution >= 4 is 11.8 Å². The maximum Gasteiger partial charge on any atom is 0.260 e. The zero-order valence-corrected chi connectivity index (χ0v) is 16.4. The van der Waals surface area contributed by atoms with Crippen LogP contribution in [-0.4, -0.2) is 67.6 Å². The molecule has 0 bridgehead atoms. The summed E-state index contributed by atoms with van der Waals surface area (Å²) in [7, 11) is 1.68. The molecule has 2 fully saturated rings. The summed E-state index contributed by atoms with van der Waals surface area (Å²) in [6, 6.07) is 7.99. The van der Waals surface area contributed by atoms with Gasteiger partial charge in [-0.25, -0.2) is 0 Å². The second-order valence-electron chi connectivity index (χ2n) is 7.53. The van der Waals surface area contributed by atoms with Crippen molar-refractivity contribution in [2.24, 2.45) is 5.92 Å². The molecule has 0 spiro atoms. The third kappa shape index (κ3) is 5.01. The van der Waals surface area contributed by atoms with Crippen molar-refractivity contribution < 1.29 is 19.1 Å². The number of piperidine rings is 2. The number of fused-ring (bicyclic) bond motifs is 1. The number of aryl methyl sites for hydroxylation is 1. The molecular formula is C21H30N2O4. The number of hydrogen-bond donors (Lipinski definition) is 0. The molecule has 6 nitrogen and oxygen atoms in total. The summed E-state index contributed by atoms with van der Waals surface area (Å²) >= 11 is 0. The van der Waals surface area contributed by atoms with Gasteiger partial charge < -0.3 is 19.3 Å². The molecule has 1 aromatic rings. The molecule has 6 heteroatoms. The first-order valence-electron chi connectivity index (χ1n) is 9.84. The van der Waals surface area contributed by atoms with Gasteiger partial charge >= 0.3 is 0 Å². The summed E-state index contributed by atoms with van der Waals surface area (Å²) in [5, 5.41) is 0.